The number of nitrogens with zero attached hydrogens (tertiary/aromatic N) is 3. The van der Waals surface area contributed by atoms with Gasteiger partial charge in [-0.2, -0.15) is 0 Å². The number of anilines is 1. The van der Waals surface area contributed by atoms with Crippen molar-refractivity contribution in [2.45, 2.75) is 32.0 Å². The molecule has 4 heterocycles. The fourth-order valence-corrected chi connectivity index (χ4v) is 4.44. The zero-order valence-corrected chi connectivity index (χ0v) is 17.1. The molecule has 2 aromatic heterocycles. The number of nitrogens with one attached hydrogen (secondary N) is 1. The molecule has 29 heavy (non-hydrogen) atoms. The van der Waals surface area contributed by atoms with Crippen LogP contribution < -0.4 is 19.7 Å². The van der Waals surface area contributed by atoms with Crippen LogP contribution in [0.4, 0.5) is 5.69 Å². The van der Waals surface area contributed by atoms with Crippen LogP contribution >= 0.6 is 12.2 Å². The van der Waals surface area contributed by atoms with Gasteiger partial charge in [-0.3, -0.25) is 4.98 Å². The first kappa shape index (κ1) is 18.0. The van der Waals surface area contributed by atoms with E-state index in [1.165, 1.54) is 5.69 Å². The molecule has 6 nitrogen and oxygen atoms in total. The molecule has 0 saturated carbocycles. The first-order valence-corrected chi connectivity index (χ1v) is 10.1. The van der Waals surface area contributed by atoms with E-state index in [1.807, 2.05) is 42.6 Å². The number of ether oxygens (including phenoxy) is 2. The van der Waals surface area contributed by atoms with Crippen molar-refractivity contribution < 1.29 is 9.47 Å². The lowest BCUT2D eigenvalue weighted by atomic mass is 10.0. The molecule has 1 aromatic carbocycles. The van der Waals surface area contributed by atoms with Gasteiger partial charge in [0.1, 0.15) is 6.04 Å². The Kier molecular flexibility index (Phi) is 4.39. The molecule has 148 valence electrons. The van der Waals surface area contributed by atoms with Crippen LogP contribution in [-0.4, -0.2) is 21.5 Å². The van der Waals surface area contributed by atoms with Gasteiger partial charge in [-0.25, -0.2) is 0 Å². The molecular weight excluding hydrogens is 384 g/mol. The second-order valence-corrected chi connectivity index (χ2v) is 7.85. The van der Waals surface area contributed by atoms with Crippen molar-refractivity contribution in [1.29, 1.82) is 0 Å². The zero-order valence-electron chi connectivity index (χ0n) is 16.3. The van der Waals surface area contributed by atoms with Gasteiger partial charge >= 0.3 is 0 Å². The molecule has 2 atom stereocenters. The molecule has 0 bridgehead atoms. The van der Waals surface area contributed by atoms with E-state index in [1.54, 1.807) is 0 Å². The minimum Gasteiger partial charge on any atom is -0.454 e. The lowest BCUT2D eigenvalue weighted by Gasteiger charge is -2.30. The number of thiocarbonyl (C=S) groups is 1. The molecule has 1 fully saturated rings. The van der Waals surface area contributed by atoms with Crippen molar-refractivity contribution in [2.75, 3.05) is 11.7 Å². The van der Waals surface area contributed by atoms with Gasteiger partial charge in [0.05, 0.1) is 11.7 Å². The van der Waals surface area contributed by atoms with E-state index in [2.05, 4.69) is 51.9 Å². The quantitative estimate of drug-likeness (QED) is 0.650. The Bertz CT molecular complexity index is 1050. The highest BCUT2D eigenvalue weighted by molar-refractivity contribution is 7.80. The number of benzene rings is 1. The van der Waals surface area contributed by atoms with Gasteiger partial charge < -0.3 is 24.3 Å². The van der Waals surface area contributed by atoms with Crippen LogP contribution in [0, 0.1) is 0 Å². The van der Waals surface area contributed by atoms with Gasteiger partial charge in [-0.15, -0.1) is 0 Å². The zero-order chi connectivity index (χ0) is 20.0. The molecule has 0 aliphatic carbocycles. The Balaban J connectivity index is 1.64. The Labute approximate surface area is 175 Å². The topological polar surface area (TPSA) is 51.6 Å². The normalized spacial score (nSPS) is 20.4. The van der Waals surface area contributed by atoms with E-state index in [0.29, 0.717) is 11.2 Å². The maximum Gasteiger partial charge on any atom is 0.231 e. The highest BCUT2D eigenvalue weighted by Gasteiger charge is 2.42. The monoisotopic (exact) mass is 406 g/mol. The maximum atomic E-state index is 5.79. The summed E-state index contributed by atoms with van der Waals surface area (Å²) in [4.78, 5) is 6.77. The largest absolute Gasteiger partial charge is 0.454 e. The smallest absolute Gasteiger partial charge is 0.231 e. The third-order valence-corrected chi connectivity index (χ3v) is 5.72. The van der Waals surface area contributed by atoms with E-state index in [-0.39, 0.29) is 18.9 Å². The van der Waals surface area contributed by atoms with Crippen LogP contribution in [-0.2, 0) is 0 Å². The lowest BCUT2D eigenvalue weighted by Crippen LogP contribution is -2.30. The second-order valence-electron chi connectivity index (χ2n) is 7.47. The summed E-state index contributed by atoms with van der Waals surface area (Å²) in [5, 5.41) is 4.17. The second kappa shape index (κ2) is 7.08. The highest BCUT2D eigenvalue weighted by atomic mass is 32.1. The summed E-state index contributed by atoms with van der Waals surface area (Å²) >= 11 is 5.79. The Morgan fingerprint density at radius 3 is 2.76 bits per heavy atom. The summed E-state index contributed by atoms with van der Waals surface area (Å²) < 4.78 is 13.4. The molecule has 1 saturated heterocycles. The maximum absolute atomic E-state index is 5.79. The summed E-state index contributed by atoms with van der Waals surface area (Å²) in [5.41, 5.74) is 3.10. The van der Waals surface area contributed by atoms with Gasteiger partial charge in [0.25, 0.3) is 0 Å². The molecule has 0 spiro atoms. The van der Waals surface area contributed by atoms with Crippen LogP contribution in [0.3, 0.4) is 0 Å². The summed E-state index contributed by atoms with van der Waals surface area (Å²) in [7, 11) is 0. The van der Waals surface area contributed by atoms with Crippen molar-refractivity contribution in [1.82, 2.24) is 14.9 Å². The Morgan fingerprint density at radius 1 is 1.10 bits per heavy atom. The highest BCUT2D eigenvalue weighted by Crippen LogP contribution is 2.44. The molecule has 0 unspecified atom stereocenters. The molecule has 2 aliphatic rings. The number of hydrogen-bond donors (Lipinski definition) is 1. The molecule has 2 aliphatic heterocycles. The van der Waals surface area contributed by atoms with Crippen LogP contribution in [0.5, 0.6) is 11.5 Å². The summed E-state index contributed by atoms with van der Waals surface area (Å²) in [6.07, 6.45) is 3.94. The molecule has 1 N–H and O–H groups in total. The van der Waals surface area contributed by atoms with Crippen molar-refractivity contribution in [3.63, 3.8) is 0 Å². The van der Waals surface area contributed by atoms with Crippen LogP contribution in [0.2, 0.25) is 0 Å². The minimum absolute atomic E-state index is 0.0461. The van der Waals surface area contributed by atoms with E-state index >= 15 is 0 Å². The van der Waals surface area contributed by atoms with E-state index in [9.17, 15) is 0 Å². The Morgan fingerprint density at radius 2 is 1.97 bits per heavy atom. The molecule has 7 heteroatoms. The van der Waals surface area contributed by atoms with Gasteiger partial charge in [-0.05, 0) is 62.5 Å². The predicted molar refractivity (Wildman–Crippen MR) is 115 cm³/mol. The van der Waals surface area contributed by atoms with Crippen LogP contribution in [0.15, 0.2) is 60.9 Å². The third kappa shape index (κ3) is 3.02. The average Bonchev–Trinajstić information content (AvgIpc) is 3.45. The molecule has 5 rings (SSSR count). The van der Waals surface area contributed by atoms with Crippen molar-refractivity contribution in [2.24, 2.45) is 0 Å². The summed E-state index contributed by atoms with van der Waals surface area (Å²) in [6, 6.07) is 16.4. The summed E-state index contributed by atoms with van der Waals surface area (Å²) in [5.74, 6) is 1.50. The fraction of sp³-hybridized carbons (Fsp3) is 0.273. The minimum atomic E-state index is -0.0680. The van der Waals surface area contributed by atoms with Crippen molar-refractivity contribution in [3.05, 3.63) is 72.3 Å². The molecule has 0 amide bonds. The van der Waals surface area contributed by atoms with E-state index in [4.69, 9.17) is 21.7 Å². The molecule has 3 aromatic rings. The number of hydrogen-bond acceptors (Lipinski definition) is 4. The number of fused-ring (bicyclic) bond motifs is 1. The number of pyridine rings is 1. The first-order chi connectivity index (χ1) is 14.1. The van der Waals surface area contributed by atoms with E-state index < -0.39 is 0 Å². The van der Waals surface area contributed by atoms with Crippen LogP contribution in [0.1, 0.15) is 43.4 Å². The van der Waals surface area contributed by atoms with Gasteiger partial charge in [-0.1, -0.05) is 6.07 Å². The average molecular weight is 407 g/mol. The number of rotatable bonds is 4. The molecule has 0 radical (unpaired) electrons. The first-order valence-electron chi connectivity index (χ1n) is 9.70. The van der Waals surface area contributed by atoms with Gasteiger partial charge in [0, 0.05) is 35.9 Å². The predicted octanol–water partition coefficient (Wildman–Crippen LogP) is 4.37. The van der Waals surface area contributed by atoms with E-state index in [0.717, 1.165) is 22.9 Å². The third-order valence-electron chi connectivity index (χ3n) is 5.40. The standard InChI is InChI=1S/C22H22N4O2S/c1-14(2)25-11-5-7-17(25)21-20(16-6-3-4-10-23-16)24-22(29)26(21)15-8-9-18-19(12-15)28-13-27-18/h3-12,14,20-21H,13H2,1-2H3,(H,24,29)/t20-,21+/m1/s1. The van der Waals surface area contributed by atoms with Crippen LogP contribution in [0.25, 0.3) is 0 Å². The summed E-state index contributed by atoms with van der Waals surface area (Å²) in [6.45, 7) is 4.62. The fourth-order valence-electron chi connectivity index (χ4n) is 4.10. The van der Waals surface area contributed by atoms with Crippen molar-refractivity contribution >= 4 is 23.0 Å². The van der Waals surface area contributed by atoms with Crippen molar-refractivity contribution in [3.8, 4) is 11.5 Å². The number of aromatic nitrogens is 2. The SMILES string of the molecule is CC(C)n1cccc1[C@H]1[C@@H](c2ccccn2)NC(=S)N1c1ccc2c(c1)OCO2. The molecular formula is C22H22N4O2S. The Hall–Kier alpha value is -3.06. The van der Waals surface area contributed by atoms with Gasteiger partial charge in [0.2, 0.25) is 6.79 Å². The van der Waals surface area contributed by atoms with Gasteiger partial charge in [0.15, 0.2) is 16.6 Å². The lowest BCUT2D eigenvalue weighted by molar-refractivity contribution is 0.174.